The van der Waals surface area contributed by atoms with Gasteiger partial charge in [-0.3, -0.25) is 18.6 Å². The summed E-state index contributed by atoms with van der Waals surface area (Å²) in [4.78, 5) is 34.4. The zero-order valence-corrected chi connectivity index (χ0v) is 29.3. The summed E-state index contributed by atoms with van der Waals surface area (Å²) in [6.07, 6.45) is 27.3. The Morgan fingerprint density at radius 2 is 0.977 bits per heavy atom. The van der Waals surface area contributed by atoms with E-state index in [9.17, 15) is 19.0 Å². The lowest BCUT2D eigenvalue weighted by molar-refractivity contribution is -0.161. The summed E-state index contributed by atoms with van der Waals surface area (Å²) >= 11 is 0. The lowest BCUT2D eigenvalue weighted by Gasteiger charge is -2.19. The van der Waals surface area contributed by atoms with Crippen molar-refractivity contribution in [2.24, 2.45) is 5.73 Å². The number of esters is 2. The standard InChI is InChI=1S/C34H68NO8P/c1-3-5-7-9-11-12-13-14-15-16-17-18-19-20-21-23-25-27-34(37)43-32(31-42-44(38,39)41-29-28-35)30-40-33(36)26-24-22-10-8-6-4-2/h32H,3-31,35H2,1-2H3,(H,38,39)/t32-/m1/s1. The van der Waals surface area contributed by atoms with Crippen molar-refractivity contribution in [2.75, 3.05) is 26.4 Å². The fourth-order valence-electron chi connectivity index (χ4n) is 5.05. The zero-order valence-electron chi connectivity index (χ0n) is 28.4. The molecule has 0 saturated heterocycles. The molecule has 0 bridgehead atoms. The van der Waals surface area contributed by atoms with Crippen LogP contribution in [0.1, 0.15) is 174 Å². The third-order valence-corrected chi connectivity index (χ3v) is 8.73. The van der Waals surface area contributed by atoms with E-state index in [1.807, 2.05) is 0 Å². The van der Waals surface area contributed by atoms with Gasteiger partial charge in [-0.25, -0.2) is 4.57 Å². The fourth-order valence-corrected chi connectivity index (χ4v) is 5.81. The van der Waals surface area contributed by atoms with E-state index in [2.05, 4.69) is 13.8 Å². The fraction of sp³-hybridized carbons (Fsp3) is 0.941. The number of carbonyl (C=O) groups is 2. The predicted octanol–water partition coefficient (Wildman–Crippen LogP) is 9.33. The number of hydrogen-bond donors (Lipinski definition) is 2. The van der Waals surface area contributed by atoms with Crippen LogP contribution in [-0.4, -0.2) is 49.3 Å². The van der Waals surface area contributed by atoms with Crippen molar-refractivity contribution >= 4 is 19.8 Å². The molecule has 2 atom stereocenters. The SMILES string of the molecule is CCCCCCCCCCCCCCCCCCCC(=O)O[C@H](COC(=O)CCCCCCCC)COP(=O)(O)OCCN. The van der Waals surface area contributed by atoms with Crippen molar-refractivity contribution in [3.8, 4) is 0 Å². The van der Waals surface area contributed by atoms with E-state index in [1.165, 1.54) is 103 Å². The summed E-state index contributed by atoms with van der Waals surface area (Å²) in [5, 5.41) is 0. The topological polar surface area (TPSA) is 134 Å². The van der Waals surface area contributed by atoms with Crippen LogP contribution in [0.2, 0.25) is 0 Å². The summed E-state index contributed by atoms with van der Waals surface area (Å²) in [7, 11) is -4.35. The van der Waals surface area contributed by atoms with Crippen LogP contribution in [0.4, 0.5) is 0 Å². The van der Waals surface area contributed by atoms with E-state index in [-0.39, 0.29) is 38.6 Å². The molecule has 262 valence electrons. The van der Waals surface area contributed by atoms with Crippen molar-refractivity contribution in [1.29, 1.82) is 0 Å². The maximum absolute atomic E-state index is 12.5. The molecule has 1 unspecified atom stereocenters. The number of phosphoric acid groups is 1. The number of rotatable bonds is 34. The first-order chi connectivity index (χ1) is 21.3. The minimum Gasteiger partial charge on any atom is -0.462 e. The van der Waals surface area contributed by atoms with Crippen LogP contribution in [0, 0.1) is 0 Å². The Labute approximate surface area is 269 Å². The lowest BCUT2D eigenvalue weighted by atomic mass is 10.0. The number of unbranched alkanes of at least 4 members (excludes halogenated alkanes) is 21. The van der Waals surface area contributed by atoms with Gasteiger partial charge in [0, 0.05) is 19.4 Å². The third kappa shape index (κ3) is 31.0. The van der Waals surface area contributed by atoms with Gasteiger partial charge in [-0.15, -0.1) is 0 Å². The number of carbonyl (C=O) groups excluding carboxylic acids is 2. The number of phosphoric ester groups is 1. The van der Waals surface area contributed by atoms with Crippen molar-refractivity contribution in [3.63, 3.8) is 0 Å². The summed E-state index contributed by atoms with van der Waals surface area (Å²) < 4.78 is 32.4. The van der Waals surface area contributed by atoms with Crippen molar-refractivity contribution < 1.29 is 37.6 Å². The van der Waals surface area contributed by atoms with E-state index in [4.69, 9.17) is 24.3 Å². The van der Waals surface area contributed by atoms with E-state index >= 15 is 0 Å². The van der Waals surface area contributed by atoms with Crippen LogP contribution in [0.3, 0.4) is 0 Å². The van der Waals surface area contributed by atoms with E-state index in [0.717, 1.165) is 38.5 Å². The molecule has 9 nitrogen and oxygen atoms in total. The number of ether oxygens (including phenoxy) is 2. The Hall–Kier alpha value is -0.990. The van der Waals surface area contributed by atoms with Crippen LogP contribution in [0.5, 0.6) is 0 Å². The second kappa shape index (κ2) is 32.0. The molecule has 0 amide bonds. The molecule has 0 rings (SSSR count). The average Bonchev–Trinajstić information content (AvgIpc) is 3.00. The minimum atomic E-state index is -4.35. The third-order valence-electron chi connectivity index (χ3n) is 7.74. The Morgan fingerprint density at radius 1 is 0.591 bits per heavy atom. The first-order valence-corrected chi connectivity index (χ1v) is 19.5. The Morgan fingerprint density at radius 3 is 1.39 bits per heavy atom. The highest BCUT2D eigenvalue weighted by Gasteiger charge is 2.25. The molecular formula is C34H68NO8P. The van der Waals surface area contributed by atoms with Crippen LogP contribution >= 0.6 is 7.82 Å². The van der Waals surface area contributed by atoms with E-state index < -0.39 is 26.5 Å². The molecule has 0 aromatic heterocycles. The predicted molar refractivity (Wildman–Crippen MR) is 178 cm³/mol. The number of hydrogen-bond acceptors (Lipinski definition) is 8. The van der Waals surface area contributed by atoms with Gasteiger partial charge in [-0.1, -0.05) is 149 Å². The van der Waals surface area contributed by atoms with Crippen molar-refractivity contribution in [3.05, 3.63) is 0 Å². The normalized spacial score (nSPS) is 13.5. The molecule has 0 spiro atoms. The van der Waals surface area contributed by atoms with Crippen LogP contribution < -0.4 is 5.73 Å². The van der Waals surface area contributed by atoms with Crippen molar-refractivity contribution in [1.82, 2.24) is 0 Å². The molecule has 0 aromatic rings. The lowest BCUT2D eigenvalue weighted by Crippen LogP contribution is -2.29. The van der Waals surface area contributed by atoms with Crippen LogP contribution in [0.25, 0.3) is 0 Å². The molecule has 10 heteroatoms. The summed E-state index contributed by atoms with van der Waals surface area (Å²) in [5.41, 5.74) is 5.31. The Kier molecular flexibility index (Phi) is 31.3. The second-order valence-corrected chi connectivity index (χ2v) is 13.6. The van der Waals surface area contributed by atoms with Gasteiger partial charge in [0.1, 0.15) is 6.61 Å². The van der Waals surface area contributed by atoms with Crippen molar-refractivity contribution in [2.45, 2.75) is 180 Å². The highest BCUT2D eigenvalue weighted by molar-refractivity contribution is 7.47. The smallest absolute Gasteiger partial charge is 0.462 e. The van der Waals surface area contributed by atoms with Gasteiger partial charge < -0.3 is 20.1 Å². The van der Waals surface area contributed by atoms with Crippen LogP contribution in [-0.2, 0) is 32.7 Å². The Bertz CT molecular complexity index is 709. The second-order valence-electron chi connectivity index (χ2n) is 12.1. The first kappa shape index (κ1) is 43.0. The maximum Gasteiger partial charge on any atom is 0.472 e. The highest BCUT2D eigenvalue weighted by Crippen LogP contribution is 2.43. The molecule has 44 heavy (non-hydrogen) atoms. The van der Waals surface area contributed by atoms with Gasteiger partial charge >= 0.3 is 19.8 Å². The van der Waals surface area contributed by atoms with Crippen LogP contribution in [0.15, 0.2) is 0 Å². The maximum atomic E-state index is 12.5. The van der Waals surface area contributed by atoms with E-state index in [1.54, 1.807) is 0 Å². The first-order valence-electron chi connectivity index (χ1n) is 18.0. The molecule has 0 fully saturated rings. The summed E-state index contributed by atoms with van der Waals surface area (Å²) in [6, 6.07) is 0. The quantitative estimate of drug-likeness (QED) is 0.0397. The highest BCUT2D eigenvalue weighted by atomic mass is 31.2. The molecule has 3 N–H and O–H groups in total. The monoisotopic (exact) mass is 649 g/mol. The Balaban J connectivity index is 4.09. The molecule has 0 aromatic carbocycles. The molecule has 0 saturated carbocycles. The number of nitrogens with two attached hydrogens (primary N) is 1. The van der Waals surface area contributed by atoms with Gasteiger partial charge in [0.05, 0.1) is 13.2 Å². The zero-order chi connectivity index (χ0) is 32.6. The van der Waals surface area contributed by atoms with Gasteiger partial charge in [0.2, 0.25) is 0 Å². The van der Waals surface area contributed by atoms with Gasteiger partial charge in [-0.05, 0) is 12.8 Å². The summed E-state index contributed by atoms with van der Waals surface area (Å²) in [5.74, 6) is -0.830. The minimum absolute atomic E-state index is 0.0573. The van der Waals surface area contributed by atoms with Gasteiger partial charge in [0.25, 0.3) is 0 Å². The molecule has 0 aliphatic heterocycles. The molecule has 0 radical (unpaired) electrons. The van der Waals surface area contributed by atoms with E-state index in [0.29, 0.717) is 6.42 Å². The van der Waals surface area contributed by atoms with Gasteiger partial charge in [0.15, 0.2) is 6.10 Å². The molecule has 0 aliphatic carbocycles. The molecule has 0 heterocycles. The summed E-state index contributed by atoms with van der Waals surface area (Å²) in [6.45, 7) is 3.67. The molecule has 0 aliphatic rings. The molecular weight excluding hydrogens is 581 g/mol. The van der Waals surface area contributed by atoms with Gasteiger partial charge in [-0.2, -0.15) is 0 Å². The average molecular weight is 650 g/mol. The largest absolute Gasteiger partial charge is 0.472 e.